The highest BCUT2D eigenvalue weighted by atomic mass is 79.9. The molecule has 0 aromatic carbocycles. The van der Waals surface area contributed by atoms with Gasteiger partial charge in [-0.25, -0.2) is 4.79 Å². The zero-order valence-electron chi connectivity index (χ0n) is 9.57. The molecule has 1 heterocycles. The molecule has 0 fully saturated rings. The van der Waals surface area contributed by atoms with Crippen LogP contribution < -0.4 is 5.32 Å². The third kappa shape index (κ3) is 4.47. The number of aliphatic carboxylic acids is 1. The standard InChI is InChI=1S/C11H14BrNO3S/c1-6(2)5-7(11(15)16)13-10(14)8-3-4-9(12)17-8/h3-4,6-7H,5H2,1-2H3,(H,13,14)(H,15,16)/t7-/m1/s1. The lowest BCUT2D eigenvalue weighted by Gasteiger charge is -2.15. The molecule has 17 heavy (non-hydrogen) atoms. The Hall–Kier alpha value is -0.880. The fourth-order valence-corrected chi connectivity index (χ4v) is 2.65. The maximum absolute atomic E-state index is 11.8. The van der Waals surface area contributed by atoms with Crippen molar-refractivity contribution in [3.8, 4) is 0 Å². The highest BCUT2D eigenvalue weighted by Gasteiger charge is 2.22. The van der Waals surface area contributed by atoms with E-state index in [9.17, 15) is 9.59 Å². The van der Waals surface area contributed by atoms with Gasteiger partial charge in [0.05, 0.1) is 8.66 Å². The van der Waals surface area contributed by atoms with Crippen LogP contribution in [0.15, 0.2) is 15.9 Å². The smallest absolute Gasteiger partial charge is 0.326 e. The van der Waals surface area contributed by atoms with Crippen molar-refractivity contribution in [1.82, 2.24) is 5.32 Å². The van der Waals surface area contributed by atoms with Crippen LogP contribution in [0.25, 0.3) is 0 Å². The average Bonchev–Trinajstić information content (AvgIpc) is 2.63. The van der Waals surface area contributed by atoms with Gasteiger partial charge in [0.2, 0.25) is 0 Å². The molecule has 0 aliphatic rings. The van der Waals surface area contributed by atoms with Crippen molar-refractivity contribution in [2.45, 2.75) is 26.3 Å². The summed E-state index contributed by atoms with van der Waals surface area (Å²) in [5.74, 6) is -1.12. The Morgan fingerprint density at radius 2 is 2.12 bits per heavy atom. The van der Waals surface area contributed by atoms with Crippen LogP contribution in [0.1, 0.15) is 29.9 Å². The summed E-state index contributed by atoms with van der Waals surface area (Å²) in [6.07, 6.45) is 0.424. The largest absolute Gasteiger partial charge is 0.480 e. The van der Waals surface area contributed by atoms with Crippen LogP contribution in [0.2, 0.25) is 0 Å². The quantitative estimate of drug-likeness (QED) is 0.877. The van der Waals surface area contributed by atoms with E-state index in [-0.39, 0.29) is 11.8 Å². The lowest BCUT2D eigenvalue weighted by Crippen LogP contribution is -2.41. The number of carboxylic acid groups (broad SMARTS) is 1. The molecule has 1 aromatic heterocycles. The summed E-state index contributed by atoms with van der Waals surface area (Å²) in [7, 11) is 0. The maximum Gasteiger partial charge on any atom is 0.326 e. The second kappa shape index (κ2) is 6.16. The first-order chi connectivity index (χ1) is 7.90. The zero-order chi connectivity index (χ0) is 13.0. The topological polar surface area (TPSA) is 66.4 Å². The Kier molecular flexibility index (Phi) is 5.14. The van der Waals surface area contributed by atoms with Gasteiger partial charge in [-0.1, -0.05) is 13.8 Å². The molecule has 0 unspecified atom stereocenters. The van der Waals surface area contributed by atoms with Crippen LogP contribution in [0.5, 0.6) is 0 Å². The zero-order valence-corrected chi connectivity index (χ0v) is 12.0. The van der Waals surface area contributed by atoms with Crippen molar-refractivity contribution >= 4 is 39.1 Å². The van der Waals surface area contributed by atoms with Crippen LogP contribution >= 0.6 is 27.3 Å². The van der Waals surface area contributed by atoms with Crippen molar-refractivity contribution in [3.63, 3.8) is 0 Å². The van der Waals surface area contributed by atoms with Crippen LogP contribution in [-0.4, -0.2) is 23.0 Å². The molecule has 94 valence electrons. The Morgan fingerprint density at radius 1 is 1.47 bits per heavy atom. The van der Waals surface area contributed by atoms with Gasteiger partial charge < -0.3 is 10.4 Å². The Labute approximate surface area is 112 Å². The fraction of sp³-hybridized carbons (Fsp3) is 0.455. The van der Waals surface area contributed by atoms with Gasteiger partial charge in [0, 0.05) is 0 Å². The van der Waals surface area contributed by atoms with Crippen molar-refractivity contribution in [2.24, 2.45) is 5.92 Å². The number of hydrogen-bond acceptors (Lipinski definition) is 3. The summed E-state index contributed by atoms with van der Waals surface area (Å²) < 4.78 is 0.846. The van der Waals surface area contributed by atoms with E-state index < -0.39 is 12.0 Å². The van der Waals surface area contributed by atoms with E-state index in [1.54, 1.807) is 12.1 Å². The highest BCUT2D eigenvalue weighted by Crippen LogP contribution is 2.22. The lowest BCUT2D eigenvalue weighted by molar-refractivity contribution is -0.139. The number of carbonyl (C=O) groups is 2. The maximum atomic E-state index is 11.8. The first kappa shape index (κ1) is 14.2. The number of amides is 1. The number of thiophene rings is 1. The van der Waals surface area contributed by atoms with Crippen molar-refractivity contribution in [2.75, 3.05) is 0 Å². The predicted molar refractivity (Wildman–Crippen MR) is 70.4 cm³/mol. The number of nitrogens with one attached hydrogen (secondary N) is 1. The number of rotatable bonds is 5. The number of carbonyl (C=O) groups excluding carboxylic acids is 1. The van der Waals surface area contributed by atoms with Crippen molar-refractivity contribution < 1.29 is 14.7 Å². The van der Waals surface area contributed by atoms with Gasteiger partial charge in [0.25, 0.3) is 5.91 Å². The normalized spacial score (nSPS) is 12.5. The molecule has 1 atom stereocenters. The molecule has 0 aliphatic heterocycles. The average molecular weight is 320 g/mol. The molecule has 1 amide bonds. The summed E-state index contributed by atoms with van der Waals surface area (Å²) in [6, 6.07) is 2.60. The molecule has 0 saturated carbocycles. The number of hydrogen-bond donors (Lipinski definition) is 2. The van der Waals surface area contributed by atoms with E-state index >= 15 is 0 Å². The first-order valence-electron chi connectivity index (χ1n) is 5.19. The van der Waals surface area contributed by atoms with Crippen molar-refractivity contribution in [1.29, 1.82) is 0 Å². The molecule has 0 bridgehead atoms. The second-order valence-corrected chi connectivity index (χ2v) is 6.56. The minimum Gasteiger partial charge on any atom is -0.480 e. The molecule has 0 aliphatic carbocycles. The molecular weight excluding hydrogens is 306 g/mol. The van der Waals surface area contributed by atoms with Crippen LogP contribution in [0, 0.1) is 5.92 Å². The minimum atomic E-state index is -0.998. The van der Waals surface area contributed by atoms with E-state index in [4.69, 9.17) is 5.11 Å². The molecule has 2 N–H and O–H groups in total. The highest BCUT2D eigenvalue weighted by molar-refractivity contribution is 9.11. The van der Waals surface area contributed by atoms with Gasteiger partial charge in [0.15, 0.2) is 0 Å². The fourth-order valence-electron chi connectivity index (χ4n) is 1.36. The van der Waals surface area contributed by atoms with E-state index in [0.717, 1.165) is 3.79 Å². The summed E-state index contributed by atoms with van der Waals surface area (Å²) in [5.41, 5.74) is 0. The Bertz CT molecular complexity index is 417. The molecule has 1 rings (SSSR count). The van der Waals surface area contributed by atoms with E-state index in [0.29, 0.717) is 11.3 Å². The van der Waals surface area contributed by atoms with Gasteiger partial charge in [-0.2, -0.15) is 0 Å². The Morgan fingerprint density at radius 3 is 2.53 bits per heavy atom. The van der Waals surface area contributed by atoms with E-state index in [1.807, 2.05) is 13.8 Å². The SMILES string of the molecule is CC(C)C[C@@H](NC(=O)c1ccc(Br)s1)C(=O)O. The van der Waals surface area contributed by atoms with Gasteiger partial charge in [-0.3, -0.25) is 4.79 Å². The van der Waals surface area contributed by atoms with Gasteiger partial charge >= 0.3 is 5.97 Å². The lowest BCUT2D eigenvalue weighted by atomic mass is 10.0. The van der Waals surface area contributed by atoms with E-state index in [1.165, 1.54) is 11.3 Å². The Balaban J connectivity index is 2.67. The third-order valence-corrected chi connectivity index (χ3v) is 3.73. The molecule has 4 nitrogen and oxygen atoms in total. The molecule has 0 saturated heterocycles. The summed E-state index contributed by atoms with van der Waals surface area (Å²) in [4.78, 5) is 23.3. The van der Waals surface area contributed by atoms with Crippen molar-refractivity contribution in [3.05, 3.63) is 20.8 Å². The number of halogens is 1. The number of carboxylic acids is 1. The summed E-state index contributed by atoms with van der Waals surface area (Å²) in [6.45, 7) is 3.84. The molecule has 1 aromatic rings. The van der Waals surface area contributed by atoms with Crippen LogP contribution in [0.4, 0.5) is 0 Å². The molecule has 0 spiro atoms. The van der Waals surface area contributed by atoms with Gasteiger partial charge in [-0.05, 0) is 40.4 Å². The first-order valence-corrected chi connectivity index (χ1v) is 6.80. The molecular formula is C11H14BrNO3S. The minimum absolute atomic E-state index is 0.214. The second-order valence-electron chi connectivity index (χ2n) is 4.10. The van der Waals surface area contributed by atoms with E-state index in [2.05, 4.69) is 21.2 Å². The summed E-state index contributed by atoms with van der Waals surface area (Å²) >= 11 is 4.54. The van der Waals surface area contributed by atoms with Gasteiger partial charge in [-0.15, -0.1) is 11.3 Å². The van der Waals surface area contributed by atoms with Crippen LogP contribution in [0.3, 0.4) is 0 Å². The third-order valence-electron chi connectivity index (χ3n) is 2.11. The summed E-state index contributed by atoms with van der Waals surface area (Å²) in [5, 5.41) is 11.5. The molecule has 0 radical (unpaired) electrons. The predicted octanol–water partition coefficient (Wildman–Crippen LogP) is 2.74. The van der Waals surface area contributed by atoms with Gasteiger partial charge in [0.1, 0.15) is 6.04 Å². The molecule has 6 heteroatoms. The monoisotopic (exact) mass is 319 g/mol. The van der Waals surface area contributed by atoms with Crippen LogP contribution in [-0.2, 0) is 4.79 Å².